The second-order valence-corrected chi connectivity index (χ2v) is 5.37. The normalized spacial score (nSPS) is 15.5. The Bertz CT molecular complexity index is 511. The van der Waals surface area contributed by atoms with Crippen molar-refractivity contribution in [2.75, 3.05) is 44.7 Å². The van der Waals surface area contributed by atoms with Gasteiger partial charge in [0.05, 0.1) is 5.69 Å². The standard InChI is InChI=1S/C15H21F2N3O.2ClH/c1-11(10-18-2)15(21)20-7-5-19(6-8-20)14-9-12(16)3-4-13(14)17;;/h3-4,9,11,18H,5-8,10H2,1-2H3;2*1H. The smallest absolute Gasteiger partial charge is 0.226 e. The summed E-state index contributed by atoms with van der Waals surface area (Å²) >= 11 is 0. The number of nitrogens with one attached hydrogen (secondary N) is 1. The summed E-state index contributed by atoms with van der Waals surface area (Å²) in [5.74, 6) is -0.858. The molecule has 1 atom stereocenters. The van der Waals surface area contributed by atoms with Crippen LogP contribution in [0.1, 0.15) is 6.92 Å². The van der Waals surface area contributed by atoms with Gasteiger partial charge >= 0.3 is 0 Å². The number of hydrogen-bond donors (Lipinski definition) is 1. The predicted octanol–water partition coefficient (Wildman–Crippen LogP) is 2.31. The molecular weight excluding hydrogens is 347 g/mol. The minimum atomic E-state index is -0.451. The van der Waals surface area contributed by atoms with E-state index in [0.29, 0.717) is 32.7 Å². The Hall–Kier alpha value is -1.11. The summed E-state index contributed by atoms with van der Waals surface area (Å²) in [6, 6.07) is 3.45. The van der Waals surface area contributed by atoms with E-state index in [-0.39, 0.29) is 42.3 Å². The first-order valence-corrected chi connectivity index (χ1v) is 7.16. The molecule has 23 heavy (non-hydrogen) atoms. The summed E-state index contributed by atoms with van der Waals surface area (Å²) in [6.45, 7) is 4.61. The third-order valence-corrected chi connectivity index (χ3v) is 3.77. The third kappa shape index (κ3) is 5.48. The van der Waals surface area contributed by atoms with Crippen LogP contribution < -0.4 is 10.2 Å². The molecule has 1 N–H and O–H groups in total. The van der Waals surface area contributed by atoms with E-state index >= 15 is 0 Å². The van der Waals surface area contributed by atoms with Gasteiger partial charge in [0.1, 0.15) is 11.6 Å². The Morgan fingerprint density at radius 2 is 1.83 bits per heavy atom. The van der Waals surface area contributed by atoms with Gasteiger partial charge in [0, 0.05) is 44.7 Å². The monoisotopic (exact) mass is 369 g/mol. The van der Waals surface area contributed by atoms with Crippen molar-refractivity contribution >= 4 is 36.4 Å². The number of carbonyl (C=O) groups excluding carboxylic acids is 1. The molecule has 8 heteroatoms. The molecule has 1 saturated heterocycles. The molecule has 1 aromatic carbocycles. The fourth-order valence-corrected chi connectivity index (χ4v) is 2.60. The van der Waals surface area contributed by atoms with Gasteiger partial charge in [0.25, 0.3) is 0 Å². The van der Waals surface area contributed by atoms with Gasteiger partial charge in [-0.1, -0.05) is 6.92 Å². The van der Waals surface area contributed by atoms with E-state index in [9.17, 15) is 13.6 Å². The Kier molecular flexibility index (Phi) is 9.42. The first kappa shape index (κ1) is 21.9. The summed E-state index contributed by atoms with van der Waals surface area (Å²) in [4.78, 5) is 15.8. The maximum Gasteiger partial charge on any atom is 0.226 e. The van der Waals surface area contributed by atoms with E-state index in [1.807, 2.05) is 14.0 Å². The number of piperazine rings is 1. The predicted molar refractivity (Wildman–Crippen MR) is 92.7 cm³/mol. The Labute approximate surface area is 148 Å². The van der Waals surface area contributed by atoms with Gasteiger partial charge < -0.3 is 15.1 Å². The lowest BCUT2D eigenvalue weighted by atomic mass is 10.1. The zero-order chi connectivity index (χ0) is 15.4. The number of hydrogen-bond acceptors (Lipinski definition) is 3. The van der Waals surface area contributed by atoms with Gasteiger partial charge in [-0.05, 0) is 19.2 Å². The molecule has 0 bridgehead atoms. The summed E-state index contributed by atoms with van der Waals surface area (Å²) < 4.78 is 27.0. The highest BCUT2D eigenvalue weighted by Crippen LogP contribution is 2.22. The summed E-state index contributed by atoms with van der Waals surface area (Å²) in [6.07, 6.45) is 0. The molecule has 1 aromatic rings. The van der Waals surface area contributed by atoms with Crippen molar-refractivity contribution in [3.8, 4) is 0 Å². The van der Waals surface area contributed by atoms with Crippen LogP contribution in [0.4, 0.5) is 14.5 Å². The number of rotatable bonds is 4. The lowest BCUT2D eigenvalue weighted by Gasteiger charge is -2.37. The van der Waals surface area contributed by atoms with Crippen molar-refractivity contribution in [3.05, 3.63) is 29.8 Å². The molecule has 2 rings (SSSR count). The van der Waals surface area contributed by atoms with E-state index in [4.69, 9.17) is 0 Å². The highest BCUT2D eigenvalue weighted by Gasteiger charge is 2.25. The largest absolute Gasteiger partial charge is 0.366 e. The van der Waals surface area contributed by atoms with Crippen molar-refractivity contribution in [3.63, 3.8) is 0 Å². The maximum atomic E-state index is 13.7. The molecule has 0 saturated carbocycles. The zero-order valence-electron chi connectivity index (χ0n) is 13.2. The molecule has 1 amide bonds. The maximum absolute atomic E-state index is 13.7. The van der Waals surface area contributed by atoms with Gasteiger partial charge in [-0.15, -0.1) is 24.8 Å². The Morgan fingerprint density at radius 1 is 1.22 bits per heavy atom. The number of amides is 1. The molecular formula is C15H23Cl2F2N3O. The first-order valence-electron chi connectivity index (χ1n) is 7.16. The summed E-state index contributed by atoms with van der Waals surface area (Å²) in [5.41, 5.74) is 0.269. The number of anilines is 1. The number of benzene rings is 1. The summed E-state index contributed by atoms with van der Waals surface area (Å²) in [7, 11) is 1.81. The van der Waals surface area contributed by atoms with Crippen LogP contribution in [-0.4, -0.2) is 50.6 Å². The SMILES string of the molecule is CNCC(C)C(=O)N1CCN(c2cc(F)ccc2F)CC1.Cl.Cl. The topological polar surface area (TPSA) is 35.6 Å². The minimum Gasteiger partial charge on any atom is -0.366 e. The zero-order valence-corrected chi connectivity index (χ0v) is 14.9. The molecule has 1 unspecified atom stereocenters. The van der Waals surface area contributed by atoms with Crippen LogP contribution >= 0.6 is 24.8 Å². The number of carbonyl (C=O) groups is 1. The van der Waals surface area contributed by atoms with E-state index in [0.717, 1.165) is 12.1 Å². The molecule has 1 fully saturated rings. The summed E-state index contributed by atoms with van der Waals surface area (Å²) in [5, 5.41) is 2.99. The molecule has 1 heterocycles. The van der Waals surface area contributed by atoms with Crippen LogP contribution in [0.2, 0.25) is 0 Å². The van der Waals surface area contributed by atoms with Gasteiger partial charge in [-0.2, -0.15) is 0 Å². The van der Waals surface area contributed by atoms with Crippen LogP contribution in [-0.2, 0) is 4.79 Å². The van der Waals surface area contributed by atoms with Crippen LogP contribution in [0, 0.1) is 17.6 Å². The molecule has 0 spiro atoms. The van der Waals surface area contributed by atoms with Crippen molar-refractivity contribution in [1.29, 1.82) is 0 Å². The quantitative estimate of drug-likeness (QED) is 0.884. The lowest BCUT2D eigenvalue weighted by molar-refractivity contribution is -0.135. The molecule has 0 radical (unpaired) electrons. The van der Waals surface area contributed by atoms with Crippen molar-refractivity contribution in [1.82, 2.24) is 10.2 Å². The average Bonchev–Trinajstić information content (AvgIpc) is 2.49. The van der Waals surface area contributed by atoms with E-state index in [2.05, 4.69) is 5.32 Å². The Morgan fingerprint density at radius 3 is 2.39 bits per heavy atom. The molecule has 1 aliphatic rings. The Balaban J connectivity index is 0.00000242. The highest BCUT2D eigenvalue weighted by molar-refractivity contribution is 5.85. The number of nitrogens with zero attached hydrogens (tertiary/aromatic N) is 2. The van der Waals surface area contributed by atoms with Crippen LogP contribution in [0.25, 0.3) is 0 Å². The molecule has 4 nitrogen and oxygen atoms in total. The molecule has 132 valence electrons. The highest BCUT2D eigenvalue weighted by atomic mass is 35.5. The van der Waals surface area contributed by atoms with E-state index in [1.165, 1.54) is 6.07 Å². The fourth-order valence-electron chi connectivity index (χ4n) is 2.60. The van der Waals surface area contributed by atoms with Crippen LogP contribution in [0.3, 0.4) is 0 Å². The van der Waals surface area contributed by atoms with Crippen LogP contribution in [0.5, 0.6) is 0 Å². The van der Waals surface area contributed by atoms with E-state index < -0.39 is 11.6 Å². The fraction of sp³-hybridized carbons (Fsp3) is 0.533. The average molecular weight is 370 g/mol. The van der Waals surface area contributed by atoms with Crippen LogP contribution in [0.15, 0.2) is 18.2 Å². The minimum absolute atomic E-state index is 0. The second kappa shape index (κ2) is 9.90. The van der Waals surface area contributed by atoms with Crippen molar-refractivity contribution in [2.24, 2.45) is 5.92 Å². The second-order valence-electron chi connectivity index (χ2n) is 5.37. The van der Waals surface area contributed by atoms with Crippen molar-refractivity contribution in [2.45, 2.75) is 6.92 Å². The van der Waals surface area contributed by atoms with E-state index in [1.54, 1.807) is 9.80 Å². The van der Waals surface area contributed by atoms with Gasteiger partial charge in [-0.3, -0.25) is 4.79 Å². The van der Waals surface area contributed by atoms with Crippen molar-refractivity contribution < 1.29 is 13.6 Å². The third-order valence-electron chi connectivity index (χ3n) is 3.77. The lowest BCUT2D eigenvalue weighted by Crippen LogP contribution is -2.51. The van der Waals surface area contributed by atoms with Gasteiger partial charge in [0.2, 0.25) is 5.91 Å². The van der Waals surface area contributed by atoms with Gasteiger partial charge in [-0.25, -0.2) is 8.78 Å². The first-order chi connectivity index (χ1) is 10.0. The van der Waals surface area contributed by atoms with Gasteiger partial charge in [0.15, 0.2) is 0 Å². The molecule has 0 aromatic heterocycles. The molecule has 0 aliphatic carbocycles. The molecule has 1 aliphatic heterocycles. The number of halogens is 4.